The second-order valence-electron chi connectivity index (χ2n) is 10.3. The number of carbonyl (C=O) groups excluding carboxylic acids is 3. The molecule has 1 spiro atoms. The van der Waals surface area contributed by atoms with Gasteiger partial charge >= 0.3 is 5.97 Å². The van der Waals surface area contributed by atoms with Gasteiger partial charge in [-0.05, 0) is 39.5 Å². The van der Waals surface area contributed by atoms with E-state index in [9.17, 15) is 19.5 Å². The predicted octanol–water partition coefficient (Wildman–Crippen LogP) is 1.92. The molecule has 8 nitrogen and oxygen atoms in total. The van der Waals surface area contributed by atoms with Gasteiger partial charge in [0, 0.05) is 12.6 Å². The molecule has 3 saturated heterocycles. The number of rotatable bonds is 10. The molecule has 0 aromatic heterocycles. The van der Waals surface area contributed by atoms with E-state index < -0.39 is 41.1 Å². The predicted molar refractivity (Wildman–Crippen MR) is 123 cm³/mol. The van der Waals surface area contributed by atoms with Gasteiger partial charge in [0.05, 0.1) is 24.2 Å². The molecule has 0 saturated carbocycles. The Labute approximate surface area is 196 Å². The summed E-state index contributed by atoms with van der Waals surface area (Å²) in [4.78, 5) is 44.3. The molecule has 3 rings (SSSR count). The largest absolute Gasteiger partial charge is 0.461 e. The fourth-order valence-corrected chi connectivity index (χ4v) is 6.06. The van der Waals surface area contributed by atoms with Gasteiger partial charge in [0.25, 0.3) is 0 Å². The SMILES string of the molecule is C=CCOC(=O)[C@@H]1[C@H]2C(=O)N([C@@H](CO)C(C)C)C(C(=O)N(CC=C)C(C)C)C23CC[C@@]1(C)O3. The molecule has 33 heavy (non-hydrogen) atoms. The van der Waals surface area contributed by atoms with Crippen LogP contribution < -0.4 is 0 Å². The number of amides is 2. The van der Waals surface area contributed by atoms with Crippen molar-refractivity contribution in [2.75, 3.05) is 19.8 Å². The molecule has 0 aliphatic carbocycles. The first kappa shape index (κ1) is 25.4. The Morgan fingerprint density at radius 1 is 1.27 bits per heavy atom. The number of aliphatic hydroxyl groups excluding tert-OH is 1. The van der Waals surface area contributed by atoms with E-state index in [0.29, 0.717) is 19.4 Å². The molecule has 3 aliphatic heterocycles. The molecule has 1 N–H and O–H groups in total. The number of ether oxygens (including phenoxy) is 2. The number of fused-ring (bicyclic) bond motifs is 1. The summed E-state index contributed by atoms with van der Waals surface area (Å²) in [5, 5.41) is 10.2. The van der Waals surface area contributed by atoms with Gasteiger partial charge in [-0.2, -0.15) is 0 Å². The number of likely N-dealkylation sites (tertiary alicyclic amines) is 1. The van der Waals surface area contributed by atoms with Crippen molar-refractivity contribution in [3.8, 4) is 0 Å². The van der Waals surface area contributed by atoms with Crippen LogP contribution in [0.15, 0.2) is 25.3 Å². The lowest BCUT2D eigenvalue weighted by molar-refractivity contribution is -0.162. The van der Waals surface area contributed by atoms with Crippen molar-refractivity contribution in [3.63, 3.8) is 0 Å². The first-order chi connectivity index (χ1) is 15.5. The highest BCUT2D eigenvalue weighted by molar-refractivity contribution is 5.98. The van der Waals surface area contributed by atoms with Crippen LogP contribution in [-0.4, -0.2) is 81.8 Å². The maximum atomic E-state index is 14.0. The second kappa shape index (κ2) is 9.22. The van der Waals surface area contributed by atoms with Crippen LogP contribution in [0.4, 0.5) is 0 Å². The van der Waals surface area contributed by atoms with Gasteiger partial charge in [-0.3, -0.25) is 14.4 Å². The van der Waals surface area contributed by atoms with Crippen molar-refractivity contribution in [2.24, 2.45) is 17.8 Å². The van der Waals surface area contributed by atoms with Gasteiger partial charge in [-0.1, -0.05) is 32.6 Å². The molecular formula is C25H38N2O6. The van der Waals surface area contributed by atoms with E-state index in [4.69, 9.17) is 9.47 Å². The van der Waals surface area contributed by atoms with Crippen LogP contribution in [0.1, 0.15) is 47.5 Å². The molecule has 6 atom stereocenters. The van der Waals surface area contributed by atoms with E-state index in [-0.39, 0.29) is 37.0 Å². The molecule has 3 heterocycles. The lowest BCUT2D eigenvalue weighted by atomic mass is 9.66. The Morgan fingerprint density at radius 2 is 1.94 bits per heavy atom. The van der Waals surface area contributed by atoms with Gasteiger partial charge in [0.1, 0.15) is 24.2 Å². The van der Waals surface area contributed by atoms with E-state index >= 15 is 0 Å². The first-order valence-corrected chi connectivity index (χ1v) is 11.8. The zero-order chi connectivity index (χ0) is 24.7. The maximum Gasteiger partial charge on any atom is 0.313 e. The van der Waals surface area contributed by atoms with Crippen molar-refractivity contribution < 1.29 is 29.0 Å². The summed E-state index contributed by atoms with van der Waals surface area (Å²) in [5.41, 5.74) is -2.03. The van der Waals surface area contributed by atoms with Crippen LogP contribution in [0.2, 0.25) is 0 Å². The standard InChI is InChI=1S/C25H38N2O6/c1-8-12-26(16(5)6)22(30)20-25-11-10-24(7,33-25)19(23(31)32-13-9-2)18(25)21(29)27(20)17(14-28)15(3)4/h8-9,15-20,28H,1-2,10-14H2,3-7H3/t17-,18-,19-,20?,24+,25?/m0/s1. The van der Waals surface area contributed by atoms with E-state index in [0.717, 1.165) is 0 Å². The fraction of sp³-hybridized carbons (Fsp3) is 0.720. The molecule has 0 aromatic carbocycles. The summed E-state index contributed by atoms with van der Waals surface area (Å²) < 4.78 is 11.9. The highest BCUT2D eigenvalue weighted by atomic mass is 16.6. The first-order valence-electron chi connectivity index (χ1n) is 11.8. The average Bonchev–Trinajstić information content (AvgIpc) is 3.31. The minimum absolute atomic E-state index is 0.0388. The molecule has 184 valence electrons. The van der Waals surface area contributed by atoms with Crippen molar-refractivity contribution >= 4 is 17.8 Å². The molecule has 8 heteroatoms. The van der Waals surface area contributed by atoms with Gasteiger partial charge in [0.2, 0.25) is 11.8 Å². The van der Waals surface area contributed by atoms with Crippen molar-refractivity contribution in [2.45, 2.75) is 76.8 Å². The van der Waals surface area contributed by atoms with Gasteiger partial charge in [-0.15, -0.1) is 6.58 Å². The number of carbonyl (C=O) groups is 3. The number of hydrogen-bond donors (Lipinski definition) is 1. The van der Waals surface area contributed by atoms with Crippen molar-refractivity contribution in [1.82, 2.24) is 9.80 Å². The second-order valence-corrected chi connectivity index (χ2v) is 10.3. The summed E-state index contributed by atoms with van der Waals surface area (Å²) in [6.45, 7) is 16.9. The Balaban J connectivity index is 2.14. The van der Waals surface area contributed by atoms with Crippen LogP contribution in [0.3, 0.4) is 0 Å². The molecule has 2 unspecified atom stereocenters. The van der Waals surface area contributed by atoms with E-state index in [1.54, 1.807) is 11.0 Å². The van der Waals surface area contributed by atoms with E-state index in [2.05, 4.69) is 13.2 Å². The summed E-state index contributed by atoms with van der Waals surface area (Å²) >= 11 is 0. The topological polar surface area (TPSA) is 96.4 Å². The Hall–Kier alpha value is -2.19. The third-order valence-corrected chi connectivity index (χ3v) is 7.59. The summed E-state index contributed by atoms with van der Waals surface area (Å²) in [7, 11) is 0. The van der Waals surface area contributed by atoms with Crippen molar-refractivity contribution in [1.29, 1.82) is 0 Å². The molecule has 2 bridgehead atoms. The minimum atomic E-state index is -1.14. The minimum Gasteiger partial charge on any atom is -0.461 e. The van der Waals surface area contributed by atoms with Crippen LogP contribution in [0.25, 0.3) is 0 Å². The van der Waals surface area contributed by atoms with Gasteiger partial charge < -0.3 is 24.4 Å². The van der Waals surface area contributed by atoms with E-state index in [1.165, 1.54) is 11.0 Å². The van der Waals surface area contributed by atoms with Crippen LogP contribution in [0, 0.1) is 17.8 Å². The number of nitrogens with zero attached hydrogens (tertiary/aromatic N) is 2. The number of esters is 1. The fourth-order valence-electron chi connectivity index (χ4n) is 6.06. The highest BCUT2D eigenvalue weighted by Crippen LogP contribution is 2.63. The summed E-state index contributed by atoms with van der Waals surface area (Å²) in [6, 6.07) is -1.64. The normalized spacial score (nSPS) is 33.4. The number of hydrogen-bond acceptors (Lipinski definition) is 6. The monoisotopic (exact) mass is 462 g/mol. The van der Waals surface area contributed by atoms with Crippen LogP contribution in [0.5, 0.6) is 0 Å². The van der Waals surface area contributed by atoms with Crippen LogP contribution >= 0.6 is 0 Å². The third kappa shape index (κ3) is 3.81. The van der Waals surface area contributed by atoms with Crippen molar-refractivity contribution in [3.05, 3.63) is 25.3 Å². The molecule has 0 radical (unpaired) electrons. The van der Waals surface area contributed by atoms with Gasteiger partial charge in [0.15, 0.2) is 0 Å². The Morgan fingerprint density at radius 3 is 2.45 bits per heavy atom. The molecule has 0 aromatic rings. The lowest BCUT2D eigenvalue weighted by Gasteiger charge is -2.41. The summed E-state index contributed by atoms with van der Waals surface area (Å²) in [6.07, 6.45) is 4.16. The molecular weight excluding hydrogens is 424 g/mol. The lowest BCUT2D eigenvalue weighted by Crippen LogP contribution is -2.60. The maximum absolute atomic E-state index is 14.0. The quantitative estimate of drug-likeness (QED) is 0.394. The number of aliphatic hydroxyl groups is 1. The molecule has 3 aliphatic rings. The Bertz CT molecular complexity index is 826. The van der Waals surface area contributed by atoms with Gasteiger partial charge in [-0.25, -0.2) is 0 Å². The molecule has 2 amide bonds. The highest BCUT2D eigenvalue weighted by Gasteiger charge is 2.79. The average molecular weight is 463 g/mol. The zero-order valence-electron chi connectivity index (χ0n) is 20.5. The van der Waals surface area contributed by atoms with Crippen LogP contribution in [-0.2, 0) is 23.9 Å². The molecule has 3 fully saturated rings. The smallest absolute Gasteiger partial charge is 0.313 e. The zero-order valence-corrected chi connectivity index (χ0v) is 20.5. The Kier molecular flexibility index (Phi) is 7.10. The third-order valence-electron chi connectivity index (χ3n) is 7.59. The summed E-state index contributed by atoms with van der Waals surface area (Å²) in [5.74, 6) is -2.85. The van der Waals surface area contributed by atoms with E-state index in [1.807, 2.05) is 34.6 Å².